The largest absolute Gasteiger partial charge is 0.508 e. The summed E-state index contributed by atoms with van der Waals surface area (Å²) in [6.45, 7) is 9.83. The van der Waals surface area contributed by atoms with Gasteiger partial charge in [0.2, 0.25) is 6.41 Å². The topological polar surface area (TPSA) is 78.8 Å². The summed E-state index contributed by atoms with van der Waals surface area (Å²) >= 11 is 0. The van der Waals surface area contributed by atoms with Gasteiger partial charge in [0, 0.05) is 22.7 Å². The Kier molecular flexibility index (Phi) is 4.53. The average Bonchev–Trinajstić information content (AvgIpc) is 2.27. The summed E-state index contributed by atoms with van der Waals surface area (Å²) in [6, 6.07) is 3.36. The fourth-order valence-electron chi connectivity index (χ4n) is 2.18. The summed E-state index contributed by atoms with van der Waals surface area (Å²) in [4.78, 5) is 21.3. The molecule has 1 rings (SSSR count). The average molecular weight is 278 g/mol. The number of anilines is 1. The maximum atomic E-state index is 10.7. The normalized spacial score (nSPS) is 12.1. The Labute approximate surface area is 119 Å². The number of rotatable bonds is 5. The lowest BCUT2D eigenvalue weighted by atomic mass is 9.78. The number of carbonyl (C=O) groups is 1. The van der Waals surface area contributed by atoms with Gasteiger partial charge in [0.25, 0.3) is 0 Å². The zero-order chi connectivity index (χ0) is 15.6. The monoisotopic (exact) mass is 278 g/mol. The summed E-state index contributed by atoms with van der Waals surface area (Å²) < 4.78 is 0. The highest BCUT2D eigenvalue weighted by atomic mass is 16.3. The van der Waals surface area contributed by atoms with Crippen LogP contribution in [0.3, 0.4) is 0 Å². The Morgan fingerprint density at radius 1 is 1.20 bits per heavy atom. The maximum Gasteiger partial charge on any atom is 0.211 e. The SMILES string of the molecule is CC(C)(C)c1cc(C(C)(C)CN=O)c(O)cc1NC=O. The number of carbonyl (C=O) groups excluding carboxylic acids is 1. The van der Waals surface area contributed by atoms with E-state index < -0.39 is 5.41 Å². The smallest absolute Gasteiger partial charge is 0.211 e. The first kappa shape index (κ1) is 16.1. The third kappa shape index (κ3) is 3.35. The van der Waals surface area contributed by atoms with Gasteiger partial charge in [-0.2, -0.15) is 4.91 Å². The van der Waals surface area contributed by atoms with Crippen LogP contribution in [-0.2, 0) is 15.6 Å². The molecule has 0 aromatic heterocycles. The molecule has 0 atom stereocenters. The van der Waals surface area contributed by atoms with Gasteiger partial charge in [-0.05, 0) is 17.0 Å². The van der Waals surface area contributed by atoms with Crippen LogP contribution >= 0.6 is 0 Å². The molecule has 0 spiro atoms. The molecule has 1 aromatic carbocycles. The summed E-state index contributed by atoms with van der Waals surface area (Å²) in [5.74, 6) is 0.0519. The van der Waals surface area contributed by atoms with Crippen LogP contribution in [0.1, 0.15) is 45.7 Å². The second kappa shape index (κ2) is 5.61. The molecule has 1 aromatic rings. The molecule has 0 unspecified atom stereocenters. The lowest BCUT2D eigenvalue weighted by Gasteiger charge is -2.28. The van der Waals surface area contributed by atoms with Crippen molar-refractivity contribution < 1.29 is 9.90 Å². The zero-order valence-electron chi connectivity index (χ0n) is 12.7. The number of hydrogen-bond donors (Lipinski definition) is 2. The second-order valence-corrected chi connectivity index (χ2v) is 6.60. The van der Waals surface area contributed by atoms with Crippen LogP contribution in [0.2, 0.25) is 0 Å². The molecular formula is C15H22N2O3. The van der Waals surface area contributed by atoms with Crippen molar-refractivity contribution in [1.29, 1.82) is 0 Å². The minimum absolute atomic E-state index is 0.0519. The van der Waals surface area contributed by atoms with Crippen molar-refractivity contribution in [2.24, 2.45) is 5.18 Å². The Bertz CT molecular complexity index is 517. The van der Waals surface area contributed by atoms with Crippen molar-refractivity contribution in [2.75, 3.05) is 11.9 Å². The highest BCUT2D eigenvalue weighted by Gasteiger charge is 2.28. The van der Waals surface area contributed by atoms with Gasteiger partial charge in [-0.3, -0.25) is 4.79 Å². The Morgan fingerprint density at radius 2 is 1.80 bits per heavy atom. The molecule has 0 aliphatic rings. The molecule has 1 amide bonds. The predicted molar refractivity (Wildman–Crippen MR) is 80.2 cm³/mol. The number of nitrogens with one attached hydrogen (secondary N) is 1. The maximum absolute atomic E-state index is 10.7. The molecule has 2 N–H and O–H groups in total. The van der Waals surface area contributed by atoms with Crippen LogP contribution in [0.25, 0.3) is 0 Å². The number of nitroso groups, excluding NO2 is 1. The molecule has 0 radical (unpaired) electrons. The first-order valence-corrected chi connectivity index (χ1v) is 6.51. The lowest BCUT2D eigenvalue weighted by molar-refractivity contribution is -0.105. The first-order chi connectivity index (χ1) is 9.13. The van der Waals surface area contributed by atoms with Gasteiger partial charge in [0.1, 0.15) is 5.75 Å². The van der Waals surface area contributed by atoms with Crippen LogP contribution in [0.15, 0.2) is 17.3 Å². The Balaban J connectivity index is 3.50. The van der Waals surface area contributed by atoms with E-state index in [9.17, 15) is 14.8 Å². The summed E-state index contributed by atoms with van der Waals surface area (Å²) in [6.07, 6.45) is 0.585. The molecule has 0 saturated heterocycles. The van der Waals surface area contributed by atoms with Gasteiger partial charge >= 0.3 is 0 Å². The third-order valence-electron chi connectivity index (χ3n) is 3.35. The van der Waals surface area contributed by atoms with Gasteiger partial charge in [0.15, 0.2) is 0 Å². The van der Waals surface area contributed by atoms with E-state index in [2.05, 4.69) is 10.5 Å². The summed E-state index contributed by atoms with van der Waals surface area (Å²) in [5.41, 5.74) is 1.35. The molecule has 110 valence electrons. The molecule has 0 aliphatic carbocycles. The number of phenolic OH excluding ortho intramolecular Hbond substituents is 1. The number of hydrogen-bond acceptors (Lipinski definition) is 4. The fraction of sp³-hybridized carbons (Fsp3) is 0.533. The van der Waals surface area contributed by atoms with E-state index in [1.54, 1.807) is 0 Å². The molecule has 0 saturated carbocycles. The summed E-state index contributed by atoms with van der Waals surface area (Å²) in [7, 11) is 0. The molecule has 5 nitrogen and oxygen atoms in total. The van der Waals surface area contributed by atoms with Crippen LogP contribution in [-0.4, -0.2) is 18.1 Å². The molecule has 5 heteroatoms. The molecule has 0 fully saturated rings. The van der Waals surface area contributed by atoms with E-state index in [4.69, 9.17) is 0 Å². The van der Waals surface area contributed by atoms with Crippen molar-refractivity contribution in [3.05, 3.63) is 28.2 Å². The molecule has 20 heavy (non-hydrogen) atoms. The van der Waals surface area contributed by atoms with E-state index in [1.165, 1.54) is 6.07 Å². The fourth-order valence-corrected chi connectivity index (χ4v) is 2.18. The highest BCUT2D eigenvalue weighted by Crippen LogP contribution is 2.39. The quantitative estimate of drug-likeness (QED) is 0.640. The molecule has 0 aliphatic heterocycles. The molecule has 0 heterocycles. The van der Waals surface area contributed by atoms with E-state index in [-0.39, 0.29) is 17.7 Å². The highest BCUT2D eigenvalue weighted by molar-refractivity contribution is 5.76. The van der Waals surface area contributed by atoms with Gasteiger partial charge in [-0.1, -0.05) is 39.8 Å². The van der Waals surface area contributed by atoms with Crippen molar-refractivity contribution >= 4 is 12.1 Å². The second-order valence-electron chi connectivity index (χ2n) is 6.60. The summed E-state index contributed by atoms with van der Waals surface area (Å²) in [5, 5.41) is 15.7. The zero-order valence-corrected chi connectivity index (χ0v) is 12.7. The first-order valence-electron chi connectivity index (χ1n) is 6.51. The predicted octanol–water partition coefficient (Wildman–Crippen LogP) is 3.30. The van der Waals surface area contributed by atoms with E-state index >= 15 is 0 Å². The van der Waals surface area contributed by atoms with Gasteiger partial charge in [-0.15, -0.1) is 0 Å². The van der Waals surface area contributed by atoms with E-state index in [0.717, 1.165) is 5.56 Å². The third-order valence-corrected chi connectivity index (χ3v) is 3.35. The standard InChI is InChI=1S/C15H22N2O3/c1-14(2,3)10-6-11(15(4,5)8-17-20)13(19)7-12(10)16-9-18/h6-7,9,19H,8H2,1-5H3,(H,16,18). The van der Waals surface area contributed by atoms with Crippen molar-refractivity contribution in [1.82, 2.24) is 0 Å². The van der Waals surface area contributed by atoms with Crippen molar-refractivity contribution in [3.8, 4) is 5.75 Å². The van der Waals surface area contributed by atoms with Crippen molar-refractivity contribution in [2.45, 2.75) is 45.4 Å². The van der Waals surface area contributed by atoms with Crippen LogP contribution < -0.4 is 5.32 Å². The molecular weight excluding hydrogens is 256 g/mol. The number of phenols is 1. The van der Waals surface area contributed by atoms with Gasteiger partial charge in [-0.25, -0.2) is 0 Å². The Hall–Kier alpha value is -1.91. The van der Waals surface area contributed by atoms with Crippen molar-refractivity contribution in [3.63, 3.8) is 0 Å². The van der Waals surface area contributed by atoms with E-state index in [0.29, 0.717) is 17.7 Å². The number of nitrogens with zero attached hydrogens (tertiary/aromatic N) is 1. The van der Waals surface area contributed by atoms with Crippen LogP contribution in [0.5, 0.6) is 5.75 Å². The van der Waals surface area contributed by atoms with Gasteiger partial charge < -0.3 is 10.4 Å². The minimum atomic E-state index is -0.564. The number of amides is 1. The number of aromatic hydroxyl groups is 1. The van der Waals surface area contributed by atoms with Gasteiger partial charge in [0.05, 0.1) is 6.54 Å². The van der Waals surface area contributed by atoms with E-state index in [1.807, 2.05) is 40.7 Å². The lowest BCUT2D eigenvalue weighted by Crippen LogP contribution is -2.23. The molecule has 0 bridgehead atoms. The van der Waals surface area contributed by atoms with Crippen LogP contribution in [0.4, 0.5) is 5.69 Å². The van der Waals surface area contributed by atoms with Crippen LogP contribution in [0, 0.1) is 4.91 Å². The minimum Gasteiger partial charge on any atom is -0.508 e. The Morgan fingerprint density at radius 3 is 2.25 bits per heavy atom. The number of benzene rings is 1.